The van der Waals surface area contributed by atoms with Gasteiger partial charge in [0.05, 0.1) is 44.4 Å². The van der Waals surface area contributed by atoms with Crippen LogP contribution in [0.3, 0.4) is 0 Å². The average molecular weight is 989 g/mol. The number of benzene rings is 10. The number of rotatable bonds is 10. The van der Waals surface area contributed by atoms with E-state index in [1.807, 2.05) is 72.8 Å². The van der Waals surface area contributed by atoms with Crippen molar-refractivity contribution in [2.75, 3.05) is 9.80 Å². The van der Waals surface area contributed by atoms with Gasteiger partial charge in [-0.15, -0.1) is 0 Å². The Morgan fingerprint density at radius 3 is 1.52 bits per heavy atom. The van der Waals surface area contributed by atoms with Crippen LogP contribution in [0.1, 0.15) is 22.4 Å². The summed E-state index contributed by atoms with van der Waals surface area (Å²) in [6, 6.07) is 83.5. The van der Waals surface area contributed by atoms with Gasteiger partial charge in [-0.2, -0.15) is 10.5 Å². The lowest BCUT2D eigenvalue weighted by molar-refractivity contribution is 0.630. The van der Waals surface area contributed by atoms with Gasteiger partial charge in [-0.1, -0.05) is 122 Å². The summed E-state index contributed by atoms with van der Waals surface area (Å²) in [5, 5.41) is 28.1. The molecule has 0 bridgehead atoms. The van der Waals surface area contributed by atoms with Crippen LogP contribution in [0.4, 0.5) is 34.1 Å². The molecule has 8 nitrogen and oxygen atoms in total. The van der Waals surface area contributed by atoms with E-state index in [0.29, 0.717) is 17.1 Å². The molecule has 0 radical (unpaired) electrons. The van der Waals surface area contributed by atoms with Crippen LogP contribution in [0.2, 0.25) is 0 Å². The van der Waals surface area contributed by atoms with Gasteiger partial charge in [0, 0.05) is 77.9 Å². The van der Waals surface area contributed by atoms with E-state index in [9.17, 15) is 10.5 Å². The monoisotopic (exact) mass is 988 g/mol. The molecule has 0 fully saturated rings. The number of nitriles is 2. The van der Waals surface area contributed by atoms with Gasteiger partial charge in [-0.25, -0.2) is 0 Å². The van der Waals surface area contributed by atoms with Crippen molar-refractivity contribution in [1.29, 1.82) is 10.5 Å². The maximum atomic E-state index is 11.5. The number of nitrogens with zero attached hydrogens (tertiary/aromatic N) is 6. The van der Waals surface area contributed by atoms with Crippen LogP contribution >= 0.6 is 0 Å². The van der Waals surface area contributed by atoms with E-state index < -0.39 is 0 Å². The number of anilines is 6. The van der Waals surface area contributed by atoms with Crippen LogP contribution in [-0.4, -0.2) is 9.13 Å². The molecule has 0 spiro atoms. The Labute approximate surface area is 443 Å². The molecule has 0 saturated heterocycles. The van der Waals surface area contributed by atoms with Gasteiger partial charge >= 0.3 is 0 Å². The fourth-order valence-corrected chi connectivity index (χ4v) is 11.6. The molecule has 0 aliphatic rings. The molecule has 8 heteroatoms. The van der Waals surface area contributed by atoms with Crippen molar-refractivity contribution in [2.45, 2.75) is 6.92 Å². The lowest BCUT2D eigenvalue weighted by Gasteiger charge is -2.26. The topological polar surface area (TPSA) is 90.2 Å². The molecular weight excluding hydrogens is 945 g/mol. The van der Waals surface area contributed by atoms with E-state index in [2.05, 4.69) is 202 Å². The first kappa shape index (κ1) is 44.9. The molecule has 0 atom stereocenters. The average Bonchev–Trinajstić information content (AvgIpc) is 4.44. The summed E-state index contributed by atoms with van der Waals surface area (Å²) >= 11 is 0. The molecule has 0 aliphatic heterocycles. The molecule has 0 N–H and O–H groups in total. The predicted octanol–water partition coefficient (Wildman–Crippen LogP) is 18.7. The minimum Gasteiger partial charge on any atom is -0.455 e. The lowest BCUT2D eigenvalue weighted by Crippen LogP contribution is -2.10. The van der Waals surface area contributed by atoms with Gasteiger partial charge in [-0.3, -0.25) is 0 Å². The Hall–Kier alpha value is -10.8. The maximum Gasteiger partial charge on any atom is 0.145 e. The number of para-hydroxylation sites is 6. The Bertz CT molecular complexity index is 4670. The van der Waals surface area contributed by atoms with Crippen molar-refractivity contribution in [3.63, 3.8) is 0 Å². The number of hydrogen-bond acceptors (Lipinski definition) is 6. The third-order valence-electron chi connectivity index (χ3n) is 14.9. The van der Waals surface area contributed by atoms with Crippen LogP contribution in [0, 0.1) is 29.6 Å². The number of furan rings is 2. The summed E-state index contributed by atoms with van der Waals surface area (Å²) in [4.78, 5) is 4.51. The minimum atomic E-state index is 0.238. The fourth-order valence-electron chi connectivity index (χ4n) is 11.6. The summed E-state index contributed by atoms with van der Waals surface area (Å²) in [6.07, 6.45) is 1.87. The normalized spacial score (nSPS) is 11.5. The number of fused-ring (bicyclic) bond motifs is 9. The first-order valence-corrected chi connectivity index (χ1v) is 25.5. The van der Waals surface area contributed by atoms with Gasteiger partial charge in [0.15, 0.2) is 0 Å². The van der Waals surface area contributed by atoms with Gasteiger partial charge in [0.1, 0.15) is 34.6 Å². The smallest absolute Gasteiger partial charge is 0.145 e. The summed E-state index contributed by atoms with van der Waals surface area (Å²) in [5.74, 6) is 0.680. The molecular formula is C69H44N6O2. The molecule has 77 heavy (non-hydrogen) atoms. The van der Waals surface area contributed by atoms with Crippen LogP contribution in [0.25, 0.3) is 94.4 Å². The third kappa shape index (κ3) is 6.98. The van der Waals surface area contributed by atoms with Crippen molar-refractivity contribution in [2.24, 2.45) is 0 Å². The minimum absolute atomic E-state index is 0.238. The molecule has 14 rings (SSSR count). The van der Waals surface area contributed by atoms with Crippen molar-refractivity contribution >= 4 is 106 Å². The van der Waals surface area contributed by atoms with E-state index in [0.717, 1.165) is 117 Å². The summed E-state index contributed by atoms with van der Waals surface area (Å²) in [7, 11) is 0. The molecule has 0 unspecified atom stereocenters. The zero-order valence-corrected chi connectivity index (χ0v) is 41.7. The summed E-state index contributed by atoms with van der Waals surface area (Å²) in [5.41, 5.74) is 15.0. The zero-order valence-electron chi connectivity index (χ0n) is 41.7. The second-order valence-electron chi connectivity index (χ2n) is 19.1. The Morgan fingerprint density at radius 2 is 0.961 bits per heavy atom. The second-order valence-corrected chi connectivity index (χ2v) is 19.1. The van der Waals surface area contributed by atoms with E-state index in [4.69, 9.17) is 8.83 Å². The number of aromatic nitrogens is 2. The Balaban J connectivity index is 1.10. The first-order chi connectivity index (χ1) is 38.0. The quantitative estimate of drug-likeness (QED) is 0.136. The lowest BCUT2D eigenvalue weighted by atomic mass is 10.0. The zero-order chi connectivity index (χ0) is 51.7. The molecule has 0 aliphatic carbocycles. The molecule has 10 aromatic carbocycles. The van der Waals surface area contributed by atoms with Crippen molar-refractivity contribution in [3.8, 4) is 34.8 Å². The van der Waals surface area contributed by atoms with Crippen molar-refractivity contribution in [3.05, 3.63) is 259 Å². The fraction of sp³-hybridized carbons (Fsp3) is 0.0145. The van der Waals surface area contributed by atoms with Crippen LogP contribution in [0.15, 0.2) is 246 Å². The van der Waals surface area contributed by atoms with E-state index in [-0.39, 0.29) is 11.1 Å². The first-order valence-electron chi connectivity index (χ1n) is 25.5. The highest BCUT2D eigenvalue weighted by molar-refractivity contribution is 6.24. The molecule has 0 amide bonds. The second kappa shape index (κ2) is 18.0. The van der Waals surface area contributed by atoms with Crippen LogP contribution in [0.5, 0.6) is 0 Å². The highest BCUT2D eigenvalue weighted by Crippen LogP contribution is 2.49. The maximum absolute atomic E-state index is 11.5. The van der Waals surface area contributed by atoms with Crippen LogP contribution < -0.4 is 9.80 Å². The van der Waals surface area contributed by atoms with Gasteiger partial charge in [0.2, 0.25) is 0 Å². The Morgan fingerprint density at radius 1 is 0.455 bits per heavy atom. The van der Waals surface area contributed by atoms with Crippen molar-refractivity contribution < 1.29 is 8.83 Å². The molecule has 14 aromatic rings. The standard InChI is InChI=1S/C69H44N6O2/c1-3-52-53-28-16-18-30-63(53)76-68(52)65-44(2)72(59-37-33-50(40-56(59)65)73(46-20-8-4-9-21-46)47-22-10-5-11-23-47)62-36-32-45(42-70)58(43-71)67(62)75-60-38-34-51(74(48-24-12-6-13-25-48)49-26-14-7-15-27-49)41-57(60)66-61(75)39-35-55-54-29-17-19-31-64(54)77-69(55)66/h3-41H,1H2,2H3. The number of hydrogen-bond donors (Lipinski definition) is 0. The Kier molecular flexibility index (Phi) is 10.5. The molecule has 4 heterocycles. The highest BCUT2D eigenvalue weighted by atomic mass is 16.3. The largest absolute Gasteiger partial charge is 0.455 e. The van der Waals surface area contributed by atoms with E-state index in [1.54, 1.807) is 6.07 Å². The van der Waals surface area contributed by atoms with Gasteiger partial charge in [-0.05, 0) is 128 Å². The SMILES string of the molecule is C=Cc1c(-c2c(C)n(-c3ccc(C#N)c(C#N)c3-n3c4ccc(N(c5ccccc5)c5ccccc5)cc4c4c5oc6ccccc6c5ccc43)c3ccc(N(c4ccccc4)c4ccccc4)cc23)oc2ccccc12. The predicted molar refractivity (Wildman–Crippen MR) is 314 cm³/mol. The van der Waals surface area contributed by atoms with Gasteiger partial charge < -0.3 is 27.8 Å². The highest BCUT2D eigenvalue weighted by Gasteiger charge is 2.30. The van der Waals surface area contributed by atoms with Crippen LogP contribution in [-0.2, 0) is 0 Å². The summed E-state index contributed by atoms with van der Waals surface area (Å²) in [6.45, 7) is 6.42. The van der Waals surface area contributed by atoms with Crippen molar-refractivity contribution in [1.82, 2.24) is 9.13 Å². The molecule has 0 saturated carbocycles. The van der Waals surface area contributed by atoms with E-state index in [1.165, 1.54) is 0 Å². The summed E-state index contributed by atoms with van der Waals surface area (Å²) < 4.78 is 18.2. The van der Waals surface area contributed by atoms with Gasteiger partial charge in [0.25, 0.3) is 0 Å². The third-order valence-corrected chi connectivity index (χ3v) is 14.9. The molecule has 4 aromatic heterocycles. The van der Waals surface area contributed by atoms with E-state index >= 15 is 0 Å². The molecule has 362 valence electrons.